The van der Waals surface area contributed by atoms with Crippen LogP contribution >= 0.6 is 0 Å². The van der Waals surface area contributed by atoms with Crippen LogP contribution in [0.15, 0.2) is 23.1 Å². The van der Waals surface area contributed by atoms with E-state index < -0.39 is 10.0 Å². The third kappa shape index (κ3) is 4.95. The molecule has 1 rings (SSSR count). The van der Waals surface area contributed by atoms with Crippen molar-refractivity contribution in [2.45, 2.75) is 44.9 Å². The van der Waals surface area contributed by atoms with Crippen LogP contribution in [-0.2, 0) is 10.0 Å². The summed E-state index contributed by atoms with van der Waals surface area (Å²) in [5.41, 5.74) is 1.18. The Morgan fingerprint density at radius 2 is 2.00 bits per heavy atom. The molecule has 20 heavy (non-hydrogen) atoms. The first-order valence-electron chi connectivity index (χ1n) is 6.87. The standard InChI is InChI=1S/C15H22N2O2S/c1-12(2)6-4-5-9-17-20(18,19)15-8-7-14(11-16)13(3)10-15/h7-8,10,12,17H,4-6,9H2,1-3H3. The minimum absolute atomic E-state index is 0.220. The molecule has 5 heteroatoms. The van der Waals surface area contributed by atoms with E-state index in [-0.39, 0.29) is 4.90 Å². The number of nitrogens with zero attached hydrogens (tertiary/aromatic N) is 1. The van der Waals surface area contributed by atoms with Gasteiger partial charge in [0, 0.05) is 6.54 Å². The molecular weight excluding hydrogens is 272 g/mol. The Bertz CT molecular complexity index is 586. The molecule has 1 N–H and O–H groups in total. The van der Waals surface area contributed by atoms with Crippen LogP contribution in [0.1, 0.15) is 44.2 Å². The molecule has 0 aromatic heterocycles. The highest BCUT2D eigenvalue weighted by Gasteiger charge is 2.14. The van der Waals surface area contributed by atoms with Crippen molar-refractivity contribution in [1.82, 2.24) is 4.72 Å². The molecule has 0 spiro atoms. The Balaban J connectivity index is 2.61. The van der Waals surface area contributed by atoms with Gasteiger partial charge in [-0.25, -0.2) is 13.1 Å². The van der Waals surface area contributed by atoms with Crippen LogP contribution in [0.4, 0.5) is 0 Å². The second-order valence-electron chi connectivity index (χ2n) is 5.38. The summed E-state index contributed by atoms with van der Waals surface area (Å²) in [6, 6.07) is 6.58. The molecular formula is C15H22N2O2S. The topological polar surface area (TPSA) is 70.0 Å². The van der Waals surface area contributed by atoms with Crippen LogP contribution in [0.2, 0.25) is 0 Å². The van der Waals surface area contributed by atoms with E-state index in [2.05, 4.69) is 18.6 Å². The molecule has 0 atom stereocenters. The largest absolute Gasteiger partial charge is 0.240 e. The van der Waals surface area contributed by atoms with Crippen LogP contribution in [0, 0.1) is 24.2 Å². The number of hydrogen-bond donors (Lipinski definition) is 1. The van der Waals surface area contributed by atoms with Gasteiger partial charge in [0.2, 0.25) is 10.0 Å². The van der Waals surface area contributed by atoms with Crippen molar-refractivity contribution >= 4 is 10.0 Å². The summed E-state index contributed by atoms with van der Waals surface area (Å²) in [5.74, 6) is 0.646. The van der Waals surface area contributed by atoms with E-state index in [1.54, 1.807) is 13.0 Å². The fourth-order valence-corrected chi connectivity index (χ4v) is 3.06. The molecule has 0 fully saturated rings. The zero-order chi connectivity index (χ0) is 15.2. The summed E-state index contributed by atoms with van der Waals surface area (Å²) in [5, 5.41) is 8.84. The molecule has 0 saturated heterocycles. The first-order valence-corrected chi connectivity index (χ1v) is 8.35. The predicted octanol–water partition coefficient (Wildman–Crippen LogP) is 2.97. The molecule has 0 aliphatic carbocycles. The van der Waals surface area contributed by atoms with E-state index in [1.165, 1.54) is 12.1 Å². The average Bonchev–Trinajstić information content (AvgIpc) is 2.37. The van der Waals surface area contributed by atoms with E-state index in [0.29, 0.717) is 23.6 Å². The molecule has 0 radical (unpaired) electrons. The fourth-order valence-electron chi connectivity index (χ4n) is 1.90. The van der Waals surface area contributed by atoms with Gasteiger partial charge in [-0.05, 0) is 43.0 Å². The molecule has 1 aromatic rings. The first kappa shape index (κ1) is 16.7. The van der Waals surface area contributed by atoms with Gasteiger partial charge in [-0.1, -0.05) is 26.7 Å². The lowest BCUT2D eigenvalue weighted by atomic mass is 10.1. The van der Waals surface area contributed by atoms with Crippen molar-refractivity contribution in [1.29, 1.82) is 5.26 Å². The van der Waals surface area contributed by atoms with Gasteiger partial charge >= 0.3 is 0 Å². The Labute approximate surface area is 121 Å². The monoisotopic (exact) mass is 294 g/mol. The number of nitriles is 1. The van der Waals surface area contributed by atoms with Gasteiger partial charge in [0.25, 0.3) is 0 Å². The number of rotatable bonds is 7. The zero-order valence-corrected chi connectivity index (χ0v) is 13.1. The Morgan fingerprint density at radius 3 is 2.55 bits per heavy atom. The van der Waals surface area contributed by atoms with Gasteiger partial charge in [-0.3, -0.25) is 0 Å². The lowest BCUT2D eigenvalue weighted by molar-refractivity contribution is 0.530. The predicted molar refractivity (Wildman–Crippen MR) is 79.8 cm³/mol. The van der Waals surface area contributed by atoms with E-state index in [9.17, 15) is 8.42 Å². The summed E-state index contributed by atoms with van der Waals surface area (Å²) >= 11 is 0. The normalized spacial score (nSPS) is 11.6. The second kappa shape index (κ2) is 7.41. The quantitative estimate of drug-likeness (QED) is 0.786. The zero-order valence-electron chi connectivity index (χ0n) is 12.3. The molecule has 0 aliphatic rings. The third-order valence-electron chi connectivity index (χ3n) is 3.13. The van der Waals surface area contributed by atoms with Gasteiger partial charge in [0.1, 0.15) is 0 Å². The minimum atomic E-state index is -3.47. The minimum Gasteiger partial charge on any atom is -0.211 e. The second-order valence-corrected chi connectivity index (χ2v) is 7.14. The number of benzene rings is 1. The SMILES string of the molecule is Cc1cc(S(=O)(=O)NCCCCC(C)C)ccc1C#N. The van der Waals surface area contributed by atoms with Crippen LogP contribution in [0.25, 0.3) is 0 Å². The first-order chi connectivity index (χ1) is 9.36. The van der Waals surface area contributed by atoms with Crippen LogP contribution < -0.4 is 4.72 Å². The molecule has 0 aliphatic heterocycles. The molecule has 0 heterocycles. The number of unbranched alkanes of at least 4 members (excludes halogenated alkanes) is 1. The molecule has 110 valence electrons. The molecule has 0 saturated carbocycles. The fraction of sp³-hybridized carbons (Fsp3) is 0.533. The Morgan fingerprint density at radius 1 is 1.30 bits per heavy atom. The average molecular weight is 294 g/mol. The molecule has 0 amide bonds. The third-order valence-corrected chi connectivity index (χ3v) is 4.59. The van der Waals surface area contributed by atoms with Gasteiger partial charge < -0.3 is 0 Å². The molecule has 4 nitrogen and oxygen atoms in total. The lowest BCUT2D eigenvalue weighted by Gasteiger charge is -2.08. The van der Waals surface area contributed by atoms with Crippen molar-refractivity contribution in [2.24, 2.45) is 5.92 Å². The van der Waals surface area contributed by atoms with Crippen LogP contribution in [0.5, 0.6) is 0 Å². The van der Waals surface area contributed by atoms with Gasteiger partial charge in [0.05, 0.1) is 16.5 Å². The summed E-state index contributed by atoms with van der Waals surface area (Å²) in [7, 11) is -3.47. The molecule has 1 aromatic carbocycles. The summed E-state index contributed by atoms with van der Waals surface area (Å²) < 4.78 is 26.8. The maximum Gasteiger partial charge on any atom is 0.240 e. The molecule has 0 bridgehead atoms. The van der Waals surface area contributed by atoms with E-state index in [4.69, 9.17) is 5.26 Å². The Kier molecular flexibility index (Phi) is 6.18. The summed E-state index contributed by atoms with van der Waals surface area (Å²) in [4.78, 5) is 0.220. The smallest absolute Gasteiger partial charge is 0.211 e. The Hall–Kier alpha value is -1.38. The van der Waals surface area contributed by atoms with E-state index in [0.717, 1.165) is 19.3 Å². The highest BCUT2D eigenvalue weighted by molar-refractivity contribution is 7.89. The van der Waals surface area contributed by atoms with Crippen LogP contribution in [-0.4, -0.2) is 15.0 Å². The van der Waals surface area contributed by atoms with Gasteiger partial charge in [-0.2, -0.15) is 5.26 Å². The number of sulfonamides is 1. The van der Waals surface area contributed by atoms with E-state index in [1.807, 2.05) is 6.07 Å². The highest BCUT2D eigenvalue weighted by atomic mass is 32.2. The van der Waals surface area contributed by atoms with Crippen molar-refractivity contribution in [3.8, 4) is 6.07 Å². The number of aryl methyl sites for hydroxylation is 1. The summed E-state index contributed by atoms with van der Waals surface area (Å²) in [6.45, 7) is 6.50. The highest BCUT2D eigenvalue weighted by Crippen LogP contribution is 2.15. The lowest BCUT2D eigenvalue weighted by Crippen LogP contribution is -2.25. The van der Waals surface area contributed by atoms with Gasteiger partial charge in [-0.15, -0.1) is 0 Å². The number of hydrogen-bond acceptors (Lipinski definition) is 3. The van der Waals surface area contributed by atoms with Crippen molar-refractivity contribution < 1.29 is 8.42 Å². The maximum absolute atomic E-state index is 12.1. The van der Waals surface area contributed by atoms with Crippen molar-refractivity contribution in [3.05, 3.63) is 29.3 Å². The van der Waals surface area contributed by atoms with Gasteiger partial charge in [0.15, 0.2) is 0 Å². The van der Waals surface area contributed by atoms with Crippen LogP contribution in [0.3, 0.4) is 0 Å². The maximum atomic E-state index is 12.1. The number of nitrogens with one attached hydrogen (secondary N) is 1. The summed E-state index contributed by atoms with van der Waals surface area (Å²) in [6.07, 6.45) is 2.97. The van der Waals surface area contributed by atoms with E-state index >= 15 is 0 Å². The van der Waals surface area contributed by atoms with Crippen molar-refractivity contribution in [3.63, 3.8) is 0 Å². The molecule has 0 unspecified atom stereocenters. The van der Waals surface area contributed by atoms with Crippen molar-refractivity contribution in [2.75, 3.05) is 6.54 Å².